The fourth-order valence-electron chi connectivity index (χ4n) is 1.96. The number of hydrogen-bond donors (Lipinski definition) is 1. The van der Waals surface area contributed by atoms with Gasteiger partial charge < -0.3 is 9.84 Å². The minimum atomic E-state index is -0.945. The Hall–Kier alpha value is -1.20. The summed E-state index contributed by atoms with van der Waals surface area (Å²) >= 11 is 1.05. The molecule has 5 heteroatoms. The lowest BCUT2D eigenvalue weighted by Gasteiger charge is -2.21. The van der Waals surface area contributed by atoms with E-state index in [1.807, 2.05) is 0 Å². The molecule has 1 fully saturated rings. The summed E-state index contributed by atoms with van der Waals surface area (Å²) in [5, 5.41) is 9.07. The predicted molar refractivity (Wildman–Crippen MR) is 59.5 cm³/mol. The van der Waals surface area contributed by atoms with E-state index >= 15 is 0 Å². The van der Waals surface area contributed by atoms with Crippen LogP contribution < -0.4 is 0 Å². The molecule has 2 rings (SSSR count). The van der Waals surface area contributed by atoms with Gasteiger partial charge in [-0.15, -0.1) is 11.3 Å². The molecule has 0 atom stereocenters. The molecule has 16 heavy (non-hydrogen) atoms. The second-order valence-corrected chi connectivity index (χ2v) is 4.83. The van der Waals surface area contributed by atoms with Gasteiger partial charge in [0.1, 0.15) is 4.88 Å². The lowest BCUT2D eigenvalue weighted by atomic mass is 9.92. The van der Waals surface area contributed by atoms with E-state index in [4.69, 9.17) is 9.84 Å². The van der Waals surface area contributed by atoms with Gasteiger partial charge in [-0.2, -0.15) is 0 Å². The van der Waals surface area contributed by atoms with Gasteiger partial charge in [0.25, 0.3) is 0 Å². The van der Waals surface area contributed by atoms with Crippen molar-refractivity contribution >= 4 is 23.6 Å². The molecule has 0 amide bonds. The maximum Gasteiger partial charge on any atom is 0.346 e. The Morgan fingerprint density at radius 3 is 2.75 bits per heavy atom. The normalized spacial score (nSPS) is 17.2. The van der Waals surface area contributed by atoms with Crippen LogP contribution in [0.1, 0.15) is 43.7 Å². The number of carboxylic acids is 1. The van der Waals surface area contributed by atoms with Crippen LogP contribution in [0.25, 0.3) is 0 Å². The van der Waals surface area contributed by atoms with E-state index in [1.165, 1.54) is 0 Å². The molecule has 0 unspecified atom stereocenters. The van der Waals surface area contributed by atoms with Crippen LogP contribution in [0.5, 0.6) is 0 Å². The summed E-state index contributed by atoms with van der Waals surface area (Å²) in [7, 11) is 0. The van der Waals surface area contributed by atoms with Crippen molar-refractivity contribution in [3.05, 3.63) is 21.4 Å². The van der Waals surface area contributed by atoms with Crippen LogP contribution in [0.4, 0.5) is 0 Å². The highest BCUT2D eigenvalue weighted by molar-refractivity contribution is 7.15. The summed E-state index contributed by atoms with van der Waals surface area (Å²) < 4.78 is 5.24. The third kappa shape index (κ3) is 2.15. The standard InChI is InChI=1S/C11H12O4S/c12-6-8-5-9(10(16-8)11(13)14)7-1-3-15-4-2-7/h5-7H,1-4H2,(H,13,14). The van der Waals surface area contributed by atoms with Crippen LogP contribution in [-0.2, 0) is 4.74 Å². The zero-order chi connectivity index (χ0) is 11.5. The van der Waals surface area contributed by atoms with Crippen molar-refractivity contribution in [3.8, 4) is 0 Å². The SMILES string of the molecule is O=Cc1cc(C2CCOCC2)c(C(=O)O)s1. The molecule has 1 aromatic rings. The fourth-order valence-corrected chi connectivity index (χ4v) is 2.86. The van der Waals surface area contributed by atoms with E-state index < -0.39 is 5.97 Å². The molecule has 0 bridgehead atoms. The van der Waals surface area contributed by atoms with E-state index in [2.05, 4.69) is 0 Å². The van der Waals surface area contributed by atoms with Gasteiger partial charge in [0, 0.05) is 13.2 Å². The molecule has 1 saturated heterocycles. The van der Waals surface area contributed by atoms with Crippen molar-refractivity contribution in [1.82, 2.24) is 0 Å². The number of ether oxygens (including phenoxy) is 1. The van der Waals surface area contributed by atoms with Crippen LogP contribution >= 0.6 is 11.3 Å². The highest BCUT2D eigenvalue weighted by atomic mass is 32.1. The largest absolute Gasteiger partial charge is 0.477 e. The second-order valence-electron chi connectivity index (χ2n) is 3.74. The maximum atomic E-state index is 11.1. The van der Waals surface area contributed by atoms with Gasteiger partial charge in [0.15, 0.2) is 6.29 Å². The van der Waals surface area contributed by atoms with Gasteiger partial charge >= 0.3 is 5.97 Å². The second kappa shape index (κ2) is 4.76. The first-order valence-corrected chi connectivity index (χ1v) is 5.94. The van der Waals surface area contributed by atoms with Crippen molar-refractivity contribution in [2.24, 2.45) is 0 Å². The number of hydrogen-bond acceptors (Lipinski definition) is 4. The number of carbonyl (C=O) groups excluding carboxylic acids is 1. The summed E-state index contributed by atoms with van der Waals surface area (Å²) in [5.41, 5.74) is 0.794. The number of rotatable bonds is 3. The van der Waals surface area contributed by atoms with Gasteiger partial charge in [0.2, 0.25) is 0 Å². The smallest absolute Gasteiger partial charge is 0.346 e. The first kappa shape index (κ1) is 11.3. The van der Waals surface area contributed by atoms with Crippen LogP contribution in [0.3, 0.4) is 0 Å². The zero-order valence-corrected chi connectivity index (χ0v) is 9.46. The average Bonchev–Trinajstić information content (AvgIpc) is 2.74. The molecular weight excluding hydrogens is 228 g/mol. The minimum absolute atomic E-state index is 0.213. The summed E-state index contributed by atoms with van der Waals surface area (Å²) in [5.74, 6) is -0.732. The molecule has 1 aliphatic heterocycles. The molecule has 4 nitrogen and oxygen atoms in total. The molecule has 0 aromatic carbocycles. The third-order valence-electron chi connectivity index (χ3n) is 2.75. The topological polar surface area (TPSA) is 63.6 Å². The van der Waals surface area contributed by atoms with Crippen LogP contribution in [-0.4, -0.2) is 30.6 Å². The Bertz CT molecular complexity index is 404. The molecule has 1 N–H and O–H groups in total. The molecule has 86 valence electrons. The van der Waals surface area contributed by atoms with Gasteiger partial charge in [0.05, 0.1) is 4.88 Å². The molecular formula is C11H12O4S. The number of carbonyl (C=O) groups is 2. The Balaban J connectivity index is 2.33. The molecule has 2 heterocycles. The Kier molecular flexibility index (Phi) is 3.36. The van der Waals surface area contributed by atoms with E-state index in [1.54, 1.807) is 6.07 Å². The molecule has 0 spiro atoms. The van der Waals surface area contributed by atoms with Gasteiger partial charge in [-0.05, 0) is 30.4 Å². The van der Waals surface area contributed by atoms with Crippen molar-refractivity contribution in [2.45, 2.75) is 18.8 Å². The molecule has 0 saturated carbocycles. The van der Waals surface area contributed by atoms with E-state index in [0.29, 0.717) is 29.3 Å². The molecule has 0 radical (unpaired) electrons. The Labute approximate surface area is 96.9 Å². The molecule has 1 aromatic heterocycles. The average molecular weight is 240 g/mol. The maximum absolute atomic E-state index is 11.1. The number of aldehydes is 1. The van der Waals surface area contributed by atoms with Gasteiger partial charge in [-0.25, -0.2) is 4.79 Å². The van der Waals surface area contributed by atoms with Crippen LogP contribution in [0.15, 0.2) is 6.07 Å². The van der Waals surface area contributed by atoms with Crippen molar-refractivity contribution in [3.63, 3.8) is 0 Å². The van der Waals surface area contributed by atoms with E-state index in [9.17, 15) is 9.59 Å². The van der Waals surface area contributed by atoms with E-state index in [0.717, 1.165) is 29.7 Å². The lowest BCUT2D eigenvalue weighted by molar-refractivity contribution is 0.0691. The highest BCUT2D eigenvalue weighted by Crippen LogP contribution is 2.34. The zero-order valence-electron chi connectivity index (χ0n) is 8.64. The Morgan fingerprint density at radius 1 is 1.50 bits per heavy atom. The first-order chi connectivity index (χ1) is 7.72. The van der Waals surface area contributed by atoms with Crippen LogP contribution in [0, 0.1) is 0 Å². The van der Waals surface area contributed by atoms with Crippen molar-refractivity contribution in [2.75, 3.05) is 13.2 Å². The number of thiophene rings is 1. The van der Waals surface area contributed by atoms with Crippen LogP contribution in [0.2, 0.25) is 0 Å². The van der Waals surface area contributed by atoms with Gasteiger partial charge in [-0.1, -0.05) is 0 Å². The summed E-state index contributed by atoms with van der Waals surface area (Å²) in [6, 6.07) is 1.71. The first-order valence-electron chi connectivity index (χ1n) is 5.12. The summed E-state index contributed by atoms with van der Waals surface area (Å²) in [6.45, 7) is 1.33. The lowest BCUT2D eigenvalue weighted by Crippen LogP contribution is -2.15. The van der Waals surface area contributed by atoms with E-state index in [-0.39, 0.29) is 5.92 Å². The molecule has 1 aliphatic rings. The van der Waals surface area contributed by atoms with Crippen molar-refractivity contribution in [1.29, 1.82) is 0 Å². The van der Waals surface area contributed by atoms with Crippen molar-refractivity contribution < 1.29 is 19.4 Å². The fraction of sp³-hybridized carbons (Fsp3) is 0.455. The minimum Gasteiger partial charge on any atom is -0.477 e. The number of aromatic carboxylic acids is 1. The Morgan fingerprint density at radius 2 is 2.19 bits per heavy atom. The molecule has 0 aliphatic carbocycles. The summed E-state index contributed by atoms with van der Waals surface area (Å²) in [4.78, 5) is 22.5. The predicted octanol–water partition coefficient (Wildman–Crippen LogP) is 2.15. The van der Waals surface area contributed by atoms with Gasteiger partial charge in [-0.3, -0.25) is 4.79 Å². The number of carboxylic acid groups (broad SMARTS) is 1. The highest BCUT2D eigenvalue weighted by Gasteiger charge is 2.24. The monoisotopic (exact) mass is 240 g/mol. The summed E-state index contributed by atoms with van der Waals surface area (Å²) in [6.07, 6.45) is 2.37. The quantitative estimate of drug-likeness (QED) is 0.822. The third-order valence-corrected chi connectivity index (χ3v) is 3.82.